The van der Waals surface area contributed by atoms with Crippen molar-refractivity contribution in [1.82, 2.24) is 10.2 Å². The molecule has 16 heavy (non-hydrogen) atoms. The molecule has 0 bridgehead atoms. The monoisotopic (exact) mass is 225 g/mol. The lowest BCUT2D eigenvalue weighted by Gasteiger charge is -2.11. The highest BCUT2D eigenvalue weighted by Crippen LogP contribution is 2.14. The van der Waals surface area contributed by atoms with Gasteiger partial charge in [-0.2, -0.15) is 0 Å². The number of nitrogens with zero attached hydrogens (tertiary/aromatic N) is 1. The Kier molecular flexibility index (Phi) is 4.25. The Labute approximate surface area is 94.2 Å². The first-order valence-electron chi connectivity index (χ1n) is 4.99. The third-order valence-corrected chi connectivity index (χ3v) is 2.12. The molecular weight excluding hydrogens is 209 g/mol. The Morgan fingerprint density at radius 3 is 2.75 bits per heavy atom. The zero-order valence-electron chi connectivity index (χ0n) is 9.46. The SMILES string of the molecule is CN(C)CCNC(=O)c1c(N)cccc1F. The summed E-state index contributed by atoms with van der Waals surface area (Å²) in [6.45, 7) is 1.15. The second-order valence-corrected chi connectivity index (χ2v) is 3.76. The first-order chi connectivity index (χ1) is 7.52. The molecule has 0 aliphatic heterocycles. The average molecular weight is 225 g/mol. The summed E-state index contributed by atoms with van der Waals surface area (Å²) < 4.78 is 13.3. The molecule has 5 heteroatoms. The molecule has 88 valence electrons. The van der Waals surface area contributed by atoms with Crippen molar-refractivity contribution in [3.63, 3.8) is 0 Å². The minimum atomic E-state index is -0.595. The van der Waals surface area contributed by atoms with Crippen molar-refractivity contribution < 1.29 is 9.18 Å². The van der Waals surface area contributed by atoms with Crippen molar-refractivity contribution in [3.8, 4) is 0 Å². The lowest BCUT2D eigenvalue weighted by Crippen LogP contribution is -2.32. The normalized spacial score (nSPS) is 10.5. The Balaban J connectivity index is 2.66. The lowest BCUT2D eigenvalue weighted by atomic mass is 10.1. The molecule has 0 spiro atoms. The van der Waals surface area contributed by atoms with Crippen LogP contribution in [0.1, 0.15) is 10.4 Å². The zero-order chi connectivity index (χ0) is 12.1. The second kappa shape index (κ2) is 5.46. The van der Waals surface area contributed by atoms with E-state index < -0.39 is 11.7 Å². The zero-order valence-corrected chi connectivity index (χ0v) is 9.46. The summed E-state index contributed by atoms with van der Waals surface area (Å²) in [7, 11) is 3.78. The van der Waals surface area contributed by atoms with Crippen molar-refractivity contribution in [2.45, 2.75) is 0 Å². The molecule has 0 atom stereocenters. The fraction of sp³-hybridized carbons (Fsp3) is 0.364. The molecule has 0 saturated carbocycles. The number of halogens is 1. The number of nitrogens with one attached hydrogen (secondary N) is 1. The fourth-order valence-electron chi connectivity index (χ4n) is 1.26. The molecule has 0 aromatic heterocycles. The summed E-state index contributed by atoms with van der Waals surface area (Å²) in [4.78, 5) is 13.5. The number of hydrogen-bond donors (Lipinski definition) is 2. The van der Waals surface area contributed by atoms with Crippen LogP contribution in [0, 0.1) is 5.82 Å². The van der Waals surface area contributed by atoms with Crippen molar-refractivity contribution >= 4 is 11.6 Å². The maximum absolute atomic E-state index is 13.3. The number of benzene rings is 1. The van der Waals surface area contributed by atoms with Crippen LogP contribution < -0.4 is 11.1 Å². The number of rotatable bonds is 4. The van der Waals surface area contributed by atoms with E-state index in [0.29, 0.717) is 13.1 Å². The Morgan fingerprint density at radius 2 is 2.19 bits per heavy atom. The van der Waals surface area contributed by atoms with E-state index in [4.69, 9.17) is 5.73 Å². The van der Waals surface area contributed by atoms with Gasteiger partial charge in [0.15, 0.2) is 0 Å². The molecule has 0 unspecified atom stereocenters. The summed E-state index contributed by atoms with van der Waals surface area (Å²) >= 11 is 0. The van der Waals surface area contributed by atoms with E-state index in [1.807, 2.05) is 19.0 Å². The van der Waals surface area contributed by atoms with Crippen LogP contribution >= 0.6 is 0 Å². The molecule has 0 radical (unpaired) electrons. The van der Waals surface area contributed by atoms with Gasteiger partial charge in [0.25, 0.3) is 5.91 Å². The van der Waals surface area contributed by atoms with Crippen LogP contribution in [-0.4, -0.2) is 38.0 Å². The molecule has 0 fully saturated rings. The van der Waals surface area contributed by atoms with Gasteiger partial charge in [0.1, 0.15) is 5.82 Å². The number of likely N-dealkylation sites (N-methyl/N-ethyl adjacent to an activating group) is 1. The summed E-state index contributed by atoms with van der Waals surface area (Å²) in [5.41, 5.74) is 5.62. The largest absolute Gasteiger partial charge is 0.398 e. The third-order valence-electron chi connectivity index (χ3n) is 2.12. The van der Waals surface area contributed by atoms with Gasteiger partial charge in [0.05, 0.1) is 5.56 Å². The molecule has 0 heterocycles. The summed E-state index contributed by atoms with van der Waals surface area (Å²) in [6, 6.07) is 4.20. The van der Waals surface area contributed by atoms with Crippen molar-refractivity contribution in [2.75, 3.05) is 32.9 Å². The number of hydrogen-bond acceptors (Lipinski definition) is 3. The van der Waals surface area contributed by atoms with E-state index in [1.54, 1.807) is 0 Å². The average Bonchev–Trinajstić information content (AvgIpc) is 2.16. The van der Waals surface area contributed by atoms with Crippen LogP contribution in [0.15, 0.2) is 18.2 Å². The van der Waals surface area contributed by atoms with Crippen LogP contribution in [0.3, 0.4) is 0 Å². The van der Waals surface area contributed by atoms with Gasteiger partial charge in [-0.15, -0.1) is 0 Å². The van der Waals surface area contributed by atoms with Crippen LogP contribution in [0.2, 0.25) is 0 Å². The topological polar surface area (TPSA) is 58.4 Å². The molecule has 1 amide bonds. The van der Waals surface area contributed by atoms with Crippen LogP contribution in [0.5, 0.6) is 0 Å². The minimum Gasteiger partial charge on any atom is -0.398 e. The molecule has 0 aliphatic rings. The summed E-state index contributed by atoms with van der Waals surface area (Å²) in [6.07, 6.45) is 0. The van der Waals surface area contributed by atoms with Gasteiger partial charge >= 0.3 is 0 Å². The quantitative estimate of drug-likeness (QED) is 0.742. The van der Waals surface area contributed by atoms with Crippen molar-refractivity contribution in [3.05, 3.63) is 29.6 Å². The number of amides is 1. The molecule has 0 saturated heterocycles. The van der Waals surface area contributed by atoms with Gasteiger partial charge in [-0.25, -0.2) is 4.39 Å². The number of carbonyl (C=O) groups excluding carboxylic acids is 1. The predicted molar refractivity (Wildman–Crippen MR) is 61.7 cm³/mol. The van der Waals surface area contributed by atoms with Gasteiger partial charge in [-0.05, 0) is 26.2 Å². The number of carbonyl (C=O) groups is 1. The summed E-state index contributed by atoms with van der Waals surface area (Å²) in [5.74, 6) is -1.07. The van der Waals surface area contributed by atoms with Crippen molar-refractivity contribution in [1.29, 1.82) is 0 Å². The maximum Gasteiger partial charge on any atom is 0.256 e. The van der Waals surface area contributed by atoms with Crippen molar-refractivity contribution in [2.24, 2.45) is 0 Å². The molecular formula is C11H16FN3O. The highest BCUT2D eigenvalue weighted by atomic mass is 19.1. The smallest absolute Gasteiger partial charge is 0.256 e. The fourth-order valence-corrected chi connectivity index (χ4v) is 1.26. The number of anilines is 1. The molecule has 0 aliphatic carbocycles. The van der Waals surface area contributed by atoms with E-state index in [9.17, 15) is 9.18 Å². The number of nitrogens with two attached hydrogens (primary N) is 1. The Morgan fingerprint density at radius 1 is 1.50 bits per heavy atom. The van der Waals surface area contributed by atoms with E-state index in [-0.39, 0.29) is 11.3 Å². The van der Waals surface area contributed by atoms with Gasteiger partial charge in [0.2, 0.25) is 0 Å². The predicted octanol–water partition coefficient (Wildman–Crippen LogP) is 0.699. The van der Waals surface area contributed by atoms with Gasteiger partial charge in [0, 0.05) is 18.8 Å². The lowest BCUT2D eigenvalue weighted by molar-refractivity contribution is 0.0948. The molecule has 3 N–H and O–H groups in total. The Bertz CT molecular complexity index is 359. The van der Waals surface area contributed by atoms with Crippen LogP contribution in [0.4, 0.5) is 10.1 Å². The maximum atomic E-state index is 13.3. The van der Waals surface area contributed by atoms with E-state index >= 15 is 0 Å². The molecule has 1 aromatic rings. The van der Waals surface area contributed by atoms with Gasteiger partial charge < -0.3 is 16.0 Å². The molecule has 1 aromatic carbocycles. The van der Waals surface area contributed by atoms with Gasteiger partial charge in [-0.3, -0.25) is 4.79 Å². The third kappa shape index (κ3) is 3.20. The second-order valence-electron chi connectivity index (χ2n) is 3.76. The molecule has 1 rings (SSSR count). The Hall–Kier alpha value is -1.62. The standard InChI is InChI=1S/C11H16FN3O/c1-15(2)7-6-14-11(16)10-8(12)4-3-5-9(10)13/h3-5H,6-7,13H2,1-2H3,(H,14,16). The van der Waals surface area contributed by atoms with E-state index in [2.05, 4.69) is 5.32 Å². The highest BCUT2D eigenvalue weighted by Gasteiger charge is 2.14. The van der Waals surface area contributed by atoms with E-state index in [0.717, 1.165) is 0 Å². The highest BCUT2D eigenvalue weighted by molar-refractivity contribution is 5.99. The minimum absolute atomic E-state index is 0.0822. The molecule has 4 nitrogen and oxygen atoms in total. The summed E-state index contributed by atoms with van der Waals surface area (Å²) in [5, 5.41) is 2.61. The first-order valence-corrected chi connectivity index (χ1v) is 4.99. The van der Waals surface area contributed by atoms with Gasteiger partial charge in [-0.1, -0.05) is 6.07 Å². The van der Waals surface area contributed by atoms with Crippen LogP contribution in [-0.2, 0) is 0 Å². The van der Waals surface area contributed by atoms with Crippen LogP contribution in [0.25, 0.3) is 0 Å². The van der Waals surface area contributed by atoms with E-state index in [1.165, 1.54) is 18.2 Å². The first kappa shape index (κ1) is 12.4. The number of nitrogen functional groups attached to an aromatic ring is 1.